The fraction of sp³-hybridized carbons (Fsp3) is 0.280. The molecule has 0 aliphatic carbocycles. The molecule has 0 unspecified atom stereocenters. The first-order valence-electron chi connectivity index (χ1n) is 10.9. The van der Waals surface area contributed by atoms with Crippen LogP contribution in [-0.4, -0.2) is 59.5 Å². The van der Waals surface area contributed by atoms with Crippen molar-refractivity contribution >= 4 is 17.6 Å². The third-order valence-corrected chi connectivity index (χ3v) is 5.52. The van der Waals surface area contributed by atoms with E-state index < -0.39 is 0 Å². The number of likely N-dealkylation sites (tertiary alicyclic amines) is 1. The molecule has 4 rings (SSSR count). The van der Waals surface area contributed by atoms with Gasteiger partial charge < -0.3 is 14.4 Å². The van der Waals surface area contributed by atoms with Crippen molar-refractivity contribution in [3.05, 3.63) is 78.6 Å². The summed E-state index contributed by atoms with van der Waals surface area (Å²) in [6.07, 6.45) is 4.72. The van der Waals surface area contributed by atoms with Crippen LogP contribution in [0, 0.1) is 0 Å². The van der Waals surface area contributed by atoms with E-state index in [1.165, 1.54) is 4.90 Å². The number of hydrogen-bond acceptors (Lipinski definition) is 6. The zero-order valence-electron chi connectivity index (χ0n) is 18.5. The van der Waals surface area contributed by atoms with Crippen molar-refractivity contribution in [2.45, 2.75) is 18.9 Å². The molecule has 3 heterocycles. The fourth-order valence-electron chi connectivity index (χ4n) is 3.71. The van der Waals surface area contributed by atoms with Gasteiger partial charge in [-0.3, -0.25) is 14.5 Å². The van der Waals surface area contributed by atoms with Gasteiger partial charge in [-0.15, -0.1) is 0 Å². The Morgan fingerprint density at radius 2 is 1.67 bits per heavy atom. The van der Waals surface area contributed by atoms with Crippen LogP contribution in [0.25, 0.3) is 0 Å². The second-order valence-corrected chi connectivity index (χ2v) is 7.67. The van der Waals surface area contributed by atoms with Crippen LogP contribution in [-0.2, 0) is 4.79 Å². The van der Waals surface area contributed by atoms with Gasteiger partial charge >= 0.3 is 0 Å². The number of amides is 2. The number of carbonyl (C=O) groups is 2. The predicted molar refractivity (Wildman–Crippen MR) is 123 cm³/mol. The second kappa shape index (κ2) is 10.6. The van der Waals surface area contributed by atoms with Crippen LogP contribution in [0.15, 0.2) is 73.1 Å². The standard InChI is InChI=1S/C25H26N4O4/c1-32-20-10-8-19(9-11-20)25(31)29(22-6-2-4-14-26-22)18-24(30)28-16-12-21(13-17-28)33-23-7-3-5-15-27-23/h2-11,14-15,21H,12-13,16-18H2,1H3. The number of aromatic nitrogens is 2. The summed E-state index contributed by atoms with van der Waals surface area (Å²) in [4.78, 5) is 38.1. The van der Waals surface area contributed by atoms with Gasteiger partial charge in [0.25, 0.3) is 5.91 Å². The topological polar surface area (TPSA) is 84.9 Å². The average molecular weight is 447 g/mol. The number of carbonyl (C=O) groups excluding carboxylic acids is 2. The lowest BCUT2D eigenvalue weighted by Gasteiger charge is -2.33. The number of anilines is 1. The Bertz CT molecular complexity index is 1050. The molecule has 0 atom stereocenters. The van der Waals surface area contributed by atoms with E-state index in [9.17, 15) is 9.59 Å². The Morgan fingerprint density at radius 1 is 0.970 bits per heavy atom. The van der Waals surface area contributed by atoms with E-state index in [1.807, 2.05) is 18.2 Å². The van der Waals surface area contributed by atoms with Gasteiger partial charge in [0, 0.05) is 50.0 Å². The molecule has 1 aliphatic rings. The molecule has 2 aromatic heterocycles. The number of methoxy groups -OCH3 is 1. The van der Waals surface area contributed by atoms with Crippen molar-refractivity contribution < 1.29 is 19.1 Å². The van der Waals surface area contributed by atoms with Gasteiger partial charge in [0.05, 0.1) is 7.11 Å². The van der Waals surface area contributed by atoms with E-state index in [2.05, 4.69) is 9.97 Å². The van der Waals surface area contributed by atoms with Crippen LogP contribution in [0.2, 0.25) is 0 Å². The van der Waals surface area contributed by atoms with Gasteiger partial charge in [-0.25, -0.2) is 9.97 Å². The van der Waals surface area contributed by atoms with E-state index >= 15 is 0 Å². The van der Waals surface area contributed by atoms with Crippen LogP contribution in [0.4, 0.5) is 5.82 Å². The monoisotopic (exact) mass is 446 g/mol. The third-order valence-electron chi connectivity index (χ3n) is 5.52. The minimum absolute atomic E-state index is 0.0109. The van der Waals surface area contributed by atoms with Crippen LogP contribution >= 0.6 is 0 Å². The number of ether oxygens (including phenoxy) is 2. The third kappa shape index (κ3) is 5.65. The first kappa shape index (κ1) is 22.3. The molecule has 33 heavy (non-hydrogen) atoms. The summed E-state index contributed by atoms with van der Waals surface area (Å²) in [5.41, 5.74) is 0.455. The molecule has 3 aromatic rings. The molecular weight excluding hydrogens is 420 g/mol. The number of hydrogen-bond donors (Lipinski definition) is 0. The van der Waals surface area contributed by atoms with Crippen molar-refractivity contribution in [3.63, 3.8) is 0 Å². The first-order chi connectivity index (χ1) is 16.1. The highest BCUT2D eigenvalue weighted by Gasteiger charge is 2.28. The zero-order chi connectivity index (χ0) is 23.0. The number of benzene rings is 1. The molecule has 0 spiro atoms. The Hall–Kier alpha value is -3.94. The molecule has 0 radical (unpaired) electrons. The molecule has 1 fully saturated rings. The summed E-state index contributed by atoms with van der Waals surface area (Å²) in [5, 5.41) is 0. The zero-order valence-corrected chi connectivity index (χ0v) is 18.5. The van der Waals surface area contributed by atoms with Gasteiger partial charge in [-0.2, -0.15) is 0 Å². The minimum Gasteiger partial charge on any atom is -0.497 e. The Labute approximate surface area is 192 Å². The summed E-state index contributed by atoms with van der Waals surface area (Å²) < 4.78 is 11.1. The molecule has 170 valence electrons. The maximum Gasteiger partial charge on any atom is 0.259 e. The molecule has 1 saturated heterocycles. The minimum atomic E-state index is -0.293. The molecule has 2 amide bonds. The van der Waals surface area contributed by atoms with Crippen LogP contribution in [0.5, 0.6) is 11.6 Å². The van der Waals surface area contributed by atoms with E-state index in [-0.39, 0.29) is 24.5 Å². The van der Waals surface area contributed by atoms with E-state index in [0.717, 1.165) is 0 Å². The SMILES string of the molecule is COc1ccc(C(=O)N(CC(=O)N2CCC(Oc3ccccn3)CC2)c2ccccn2)cc1. The predicted octanol–water partition coefficient (Wildman–Crippen LogP) is 3.20. The maximum absolute atomic E-state index is 13.3. The number of piperidine rings is 1. The lowest BCUT2D eigenvalue weighted by molar-refractivity contribution is -0.131. The van der Waals surface area contributed by atoms with Crippen molar-refractivity contribution in [1.29, 1.82) is 0 Å². The van der Waals surface area contributed by atoms with Gasteiger partial charge in [-0.1, -0.05) is 12.1 Å². The van der Waals surface area contributed by atoms with Gasteiger partial charge in [-0.05, 0) is 42.5 Å². The Kier molecular flexibility index (Phi) is 7.14. The highest BCUT2D eigenvalue weighted by Crippen LogP contribution is 2.20. The summed E-state index contributed by atoms with van der Waals surface area (Å²) in [6, 6.07) is 17.6. The van der Waals surface area contributed by atoms with E-state index in [1.54, 1.807) is 66.9 Å². The quantitative estimate of drug-likeness (QED) is 0.554. The molecule has 8 nitrogen and oxygen atoms in total. The Balaban J connectivity index is 1.42. The Morgan fingerprint density at radius 3 is 2.27 bits per heavy atom. The van der Waals surface area contributed by atoms with Gasteiger partial charge in [0.15, 0.2) is 0 Å². The van der Waals surface area contributed by atoms with Crippen molar-refractivity contribution in [1.82, 2.24) is 14.9 Å². The van der Waals surface area contributed by atoms with Crippen LogP contribution < -0.4 is 14.4 Å². The number of pyridine rings is 2. The van der Waals surface area contributed by atoms with Crippen molar-refractivity contribution in [2.75, 3.05) is 31.6 Å². The molecule has 0 saturated carbocycles. The van der Waals surface area contributed by atoms with E-state index in [4.69, 9.17) is 9.47 Å². The second-order valence-electron chi connectivity index (χ2n) is 7.67. The highest BCUT2D eigenvalue weighted by atomic mass is 16.5. The molecule has 0 N–H and O–H groups in total. The van der Waals surface area contributed by atoms with Crippen LogP contribution in [0.3, 0.4) is 0 Å². The summed E-state index contributed by atoms with van der Waals surface area (Å²) in [6.45, 7) is 1.03. The van der Waals surface area contributed by atoms with E-state index in [0.29, 0.717) is 48.9 Å². The molecule has 8 heteroatoms. The summed E-state index contributed by atoms with van der Waals surface area (Å²) in [7, 11) is 1.57. The molecular formula is C25H26N4O4. The van der Waals surface area contributed by atoms with Crippen LogP contribution in [0.1, 0.15) is 23.2 Å². The largest absolute Gasteiger partial charge is 0.497 e. The van der Waals surface area contributed by atoms with Gasteiger partial charge in [0.1, 0.15) is 24.2 Å². The fourth-order valence-corrected chi connectivity index (χ4v) is 3.71. The summed E-state index contributed by atoms with van der Waals surface area (Å²) >= 11 is 0. The molecule has 0 bridgehead atoms. The lowest BCUT2D eigenvalue weighted by Crippen LogP contribution is -2.47. The van der Waals surface area contributed by atoms with Crippen molar-refractivity contribution in [3.8, 4) is 11.6 Å². The summed E-state index contributed by atoms with van der Waals surface area (Å²) in [5.74, 6) is 1.26. The number of rotatable bonds is 7. The average Bonchev–Trinajstić information content (AvgIpc) is 2.88. The first-order valence-corrected chi connectivity index (χ1v) is 10.9. The number of nitrogens with zero attached hydrogens (tertiary/aromatic N) is 4. The van der Waals surface area contributed by atoms with Crippen molar-refractivity contribution in [2.24, 2.45) is 0 Å². The lowest BCUT2D eigenvalue weighted by atomic mass is 10.1. The normalized spacial score (nSPS) is 13.9. The molecule has 1 aromatic carbocycles. The maximum atomic E-state index is 13.3. The van der Waals surface area contributed by atoms with Gasteiger partial charge in [0.2, 0.25) is 11.8 Å². The highest BCUT2D eigenvalue weighted by molar-refractivity contribution is 6.08. The smallest absolute Gasteiger partial charge is 0.259 e. The molecule has 1 aliphatic heterocycles.